The first-order valence-corrected chi connectivity index (χ1v) is 15.8. The van der Waals surface area contributed by atoms with Gasteiger partial charge in [-0.1, -0.05) is 0 Å². The van der Waals surface area contributed by atoms with Gasteiger partial charge in [-0.3, -0.25) is 24.0 Å². The van der Waals surface area contributed by atoms with E-state index in [1.807, 2.05) is 24.5 Å². The van der Waals surface area contributed by atoms with Crippen molar-refractivity contribution in [2.45, 2.75) is 121 Å². The summed E-state index contributed by atoms with van der Waals surface area (Å²) in [6.07, 6.45) is 9.85. The fourth-order valence-corrected chi connectivity index (χ4v) is 7.80. The minimum atomic E-state index is -0.0949. The van der Waals surface area contributed by atoms with Gasteiger partial charge in [0.15, 0.2) is 0 Å². The molecule has 5 aliphatic heterocycles. The van der Waals surface area contributed by atoms with Crippen LogP contribution in [-0.2, 0) is 24.0 Å². The van der Waals surface area contributed by atoms with Gasteiger partial charge in [-0.2, -0.15) is 0 Å². The molecule has 0 bridgehead atoms. The molecule has 4 unspecified atom stereocenters. The standard InChI is InChI=1S/C30H47N5O5/c1-22(32-14-3-8-27(32)37)19-24(34-16-5-10-29(34)39)21-25(35-17-6-11-30(35)40)20-23(33-15-4-9-28(33)38)12-18-31-13-2-7-26(31)36/h22-25H,2-21H2,1H3. The third-order valence-corrected chi connectivity index (χ3v) is 9.90. The molecule has 0 N–H and O–H groups in total. The Labute approximate surface area is 238 Å². The molecule has 5 fully saturated rings. The van der Waals surface area contributed by atoms with Crippen molar-refractivity contribution in [3.63, 3.8) is 0 Å². The Bertz CT molecular complexity index is 988. The second-order valence-corrected chi connectivity index (χ2v) is 12.6. The molecule has 5 saturated heterocycles. The molecule has 10 nitrogen and oxygen atoms in total. The molecule has 5 rings (SSSR count). The van der Waals surface area contributed by atoms with Crippen molar-refractivity contribution in [1.82, 2.24) is 24.5 Å². The summed E-state index contributed by atoms with van der Waals surface area (Å²) < 4.78 is 0. The van der Waals surface area contributed by atoms with E-state index in [4.69, 9.17) is 0 Å². The molecule has 5 heterocycles. The molecule has 0 aliphatic carbocycles. The molecule has 5 aliphatic rings. The van der Waals surface area contributed by atoms with Crippen LogP contribution in [0.2, 0.25) is 0 Å². The maximum atomic E-state index is 13.1. The van der Waals surface area contributed by atoms with Crippen molar-refractivity contribution in [2.24, 2.45) is 0 Å². The lowest BCUT2D eigenvalue weighted by molar-refractivity contribution is -0.132. The van der Waals surface area contributed by atoms with Gasteiger partial charge < -0.3 is 24.5 Å². The molecular formula is C30H47N5O5. The van der Waals surface area contributed by atoms with Crippen LogP contribution in [-0.4, -0.2) is 117 Å². The Hall–Kier alpha value is -2.65. The van der Waals surface area contributed by atoms with Crippen molar-refractivity contribution in [3.8, 4) is 0 Å². The first-order chi connectivity index (χ1) is 19.3. The Balaban J connectivity index is 1.37. The molecule has 0 aromatic rings. The van der Waals surface area contributed by atoms with Gasteiger partial charge in [0, 0.05) is 95.5 Å². The van der Waals surface area contributed by atoms with E-state index < -0.39 is 0 Å². The highest BCUT2D eigenvalue weighted by Crippen LogP contribution is 2.31. The average molecular weight is 558 g/mol. The Kier molecular flexibility index (Phi) is 9.31. The van der Waals surface area contributed by atoms with E-state index in [9.17, 15) is 24.0 Å². The van der Waals surface area contributed by atoms with E-state index in [2.05, 4.69) is 6.92 Å². The van der Waals surface area contributed by atoms with E-state index in [1.54, 1.807) is 0 Å². The maximum Gasteiger partial charge on any atom is 0.222 e. The van der Waals surface area contributed by atoms with Crippen LogP contribution in [0.15, 0.2) is 0 Å². The molecule has 4 atom stereocenters. The Morgan fingerprint density at radius 3 is 1.35 bits per heavy atom. The predicted molar refractivity (Wildman–Crippen MR) is 149 cm³/mol. The summed E-state index contributed by atoms with van der Waals surface area (Å²) in [5.41, 5.74) is 0. The lowest BCUT2D eigenvalue weighted by atomic mass is 9.92. The number of likely N-dealkylation sites (tertiary alicyclic amines) is 5. The number of hydrogen-bond donors (Lipinski definition) is 0. The summed E-state index contributed by atoms with van der Waals surface area (Å²) in [4.78, 5) is 73.7. The zero-order valence-corrected chi connectivity index (χ0v) is 24.2. The lowest BCUT2D eigenvalue weighted by Gasteiger charge is -2.40. The van der Waals surface area contributed by atoms with E-state index >= 15 is 0 Å². The molecule has 10 heteroatoms. The monoisotopic (exact) mass is 557 g/mol. The van der Waals surface area contributed by atoms with Gasteiger partial charge in [0.25, 0.3) is 0 Å². The van der Waals surface area contributed by atoms with Crippen LogP contribution in [0, 0.1) is 0 Å². The summed E-state index contributed by atoms with van der Waals surface area (Å²) in [6, 6.07) is -0.177. The predicted octanol–water partition coefficient (Wildman–Crippen LogP) is 2.15. The van der Waals surface area contributed by atoms with Gasteiger partial charge in [-0.25, -0.2) is 0 Å². The molecule has 0 radical (unpaired) electrons. The zero-order valence-electron chi connectivity index (χ0n) is 24.2. The van der Waals surface area contributed by atoms with Crippen LogP contribution in [0.4, 0.5) is 0 Å². The second kappa shape index (κ2) is 12.9. The number of rotatable bonds is 13. The van der Waals surface area contributed by atoms with Gasteiger partial charge in [0.05, 0.1) is 0 Å². The first-order valence-electron chi connectivity index (χ1n) is 15.8. The topological polar surface area (TPSA) is 102 Å². The molecule has 0 aromatic carbocycles. The van der Waals surface area contributed by atoms with Crippen LogP contribution in [0.1, 0.15) is 96.8 Å². The van der Waals surface area contributed by atoms with Gasteiger partial charge in [0.2, 0.25) is 29.5 Å². The summed E-state index contributed by atoms with van der Waals surface area (Å²) in [5.74, 6) is 0.859. The van der Waals surface area contributed by atoms with Crippen LogP contribution in [0.5, 0.6) is 0 Å². The van der Waals surface area contributed by atoms with Gasteiger partial charge in [0.1, 0.15) is 0 Å². The summed E-state index contributed by atoms with van der Waals surface area (Å²) in [5, 5.41) is 0. The van der Waals surface area contributed by atoms with Crippen LogP contribution >= 0.6 is 0 Å². The highest BCUT2D eigenvalue weighted by Gasteiger charge is 2.39. The van der Waals surface area contributed by atoms with E-state index in [-0.39, 0.29) is 53.7 Å². The van der Waals surface area contributed by atoms with Crippen LogP contribution in [0.3, 0.4) is 0 Å². The van der Waals surface area contributed by atoms with Crippen LogP contribution in [0.25, 0.3) is 0 Å². The van der Waals surface area contributed by atoms with E-state index in [0.29, 0.717) is 70.9 Å². The highest BCUT2D eigenvalue weighted by molar-refractivity contribution is 5.80. The highest BCUT2D eigenvalue weighted by atomic mass is 16.2. The summed E-state index contributed by atoms with van der Waals surface area (Å²) in [6.45, 7) is 6.41. The molecule has 40 heavy (non-hydrogen) atoms. The third kappa shape index (κ3) is 6.46. The van der Waals surface area contributed by atoms with Gasteiger partial charge in [-0.05, 0) is 64.7 Å². The largest absolute Gasteiger partial charge is 0.343 e. The molecule has 5 amide bonds. The minimum Gasteiger partial charge on any atom is -0.343 e. The van der Waals surface area contributed by atoms with Crippen molar-refractivity contribution in [1.29, 1.82) is 0 Å². The fourth-order valence-electron chi connectivity index (χ4n) is 7.80. The van der Waals surface area contributed by atoms with Crippen LogP contribution < -0.4 is 0 Å². The quantitative estimate of drug-likeness (QED) is 0.345. The second-order valence-electron chi connectivity index (χ2n) is 12.6. The summed E-state index contributed by atoms with van der Waals surface area (Å²) >= 11 is 0. The van der Waals surface area contributed by atoms with E-state index in [0.717, 1.165) is 58.3 Å². The molecule has 0 saturated carbocycles. The van der Waals surface area contributed by atoms with Gasteiger partial charge in [-0.15, -0.1) is 0 Å². The number of carbonyl (C=O) groups excluding carboxylic acids is 5. The number of nitrogens with zero attached hydrogens (tertiary/aromatic N) is 5. The van der Waals surface area contributed by atoms with Crippen molar-refractivity contribution < 1.29 is 24.0 Å². The smallest absolute Gasteiger partial charge is 0.222 e. The van der Waals surface area contributed by atoms with Crippen molar-refractivity contribution in [3.05, 3.63) is 0 Å². The Morgan fingerprint density at radius 1 is 0.500 bits per heavy atom. The number of hydrogen-bond acceptors (Lipinski definition) is 5. The van der Waals surface area contributed by atoms with Crippen molar-refractivity contribution >= 4 is 29.5 Å². The normalized spacial score (nSPS) is 25.2. The maximum absolute atomic E-state index is 13.1. The molecule has 0 aromatic heterocycles. The molecule has 0 spiro atoms. The van der Waals surface area contributed by atoms with E-state index in [1.165, 1.54) is 0 Å². The van der Waals surface area contributed by atoms with Crippen molar-refractivity contribution in [2.75, 3.05) is 39.3 Å². The fraction of sp³-hybridized carbons (Fsp3) is 0.833. The summed E-state index contributed by atoms with van der Waals surface area (Å²) in [7, 11) is 0. The molecular weight excluding hydrogens is 510 g/mol. The number of amides is 5. The Morgan fingerprint density at radius 2 is 0.900 bits per heavy atom. The van der Waals surface area contributed by atoms with Gasteiger partial charge >= 0.3 is 0 Å². The first kappa shape index (κ1) is 28.9. The number of carbonyl (C=O) groups is 5. The SMILES string of the molecule is CC(CC(CC(CC(CCN1CCCC1=O)N1CCCC1=O)N1CCCC1=O)N1CCCC1=O)N1CCCC1=O. The average Bonchev–Trinajstić information content (AvgIpc) is 3.75. The third-order valence-electron chi connectivity index (χ3n) is 9.90. The zero-order chi connectivity index (χ0) is 28.2. The minimum absolute atomic E-state index is 0.0282. The molecule has 222 valence electrons. The lowest BCUT2D eigenvalue weighted by Crippen LogP contribution is -2.50.